The maximum absolute atomic E-state index is 12.9. The molecule has 1 aliphatic heterocycles. The van der Waals surface area contributed by atoms with Crippen molar-refractivity contribution in [1.82, 2.24) is 29.8 Å². The number of pyridine rings is 1. The van der Waals surface area contributed by atoms with Gasteiger partial charge in [-0.1, -0.05) is 12.1 Å². The summed E-state index contributed by atoms with van der Waals surface area (Å²) in [6.45, 7) is 7.46. The van der Waals surface area contributed by atoms with Crippen LogP contribution in [0.3, 0.4) is 0 Å². The molecule has 1 amide bonds. The van der Waals surface area contributed by atoms with E-state index in [1.165, 1.54) is 6.42 Å². The third kappa shape index (κ3) is 3.34. The molecule has 0 radical (unpaired) electrons. The SMILES string of the molecule is Cc1noc(-c2ccc(-n3ncc(C(=O)N4CCCC(C)C4)c3C)nc2)n1. The molecule has 27 heavy (non-hydrogen) atoms. The largest absolute Gasteiger partial charge is 0.338 e. The van der Waals surface area contributed by atoms with Gasteiger partial charge in [-0.3, -0.25) is 4.79 Å². The van der Waals surface area contributed by atoms with E-state index < -0.39 is 0 Å². The molecule has 1 fully saturated rings. The van der Waals surface area contributed by atoms with Crippen LogP contribution >= 0.6 is 0 Å². The molecule has 8 nitrogen and oxygen atoms in total. The Morgan fingerprint density at radius 1 is 1.26 bits per heavy atom. The molecule has 1 atom stereocenters. The highest BCUT2D eigenvalue weighted by Crippen LogP contribution is 2.21. The van der Waals surface area contributed by atoms with E-state index in [2.05, 4.69) is 27.1 Å². The lowest BCUT2D eigenvalue weighted by Crippen LogP contribution is -2.39. The van der Waals surface area contributed by atoms with Crippen LogP contribution in [-0.2, 0) is 0 Å². The number of aromatic nitrogens is 5. The lowest BCUT2D eigenvalue weighted by atomic mass is 9.99. The van der Waals surface area contributed by atoms with E-state index in [0.29, 0.717) is 29.0 Å². The Morgan fingerprint density at radius 2 is 2.11 bits per heavy atom. The van der Waals surface area contributed by atoms with Crippen LogP contribution in [0.15, 0.2) is 29.0 Å². The van der Waals surface area contributed by atoms with Gasteiger partial charge in [-0.25, -0.2) is 9.67 Å². The summed E-state index contributed by atoms with van der Waals surface area (Å²) < 4.78 is 6.84. The van der Waals surface area contributed by atoms with Gasteiger partial charge in [0.1, 0.15) is 0 Å². The lowest BCUT2D eigenvalue weighted by Gasteiger charge is -2.30. The van der Waals surface area contributed by atoms with Gasteiger partial charge >= 0.3 is 0 Å². The highest BCUT2D eigenvalue weighted by Gasteiger charge is 2.25. The molecule has 3 aromatic rings. The van der Waals surface area contributed by atoms with Gasteiger partial charge in [-0.2, -0.15) is 10.1 Å². The first kappa shape index (κ1) is 17.4. The third-order valence-electron chi connectivity index (χ3n) is 4.92. The maximum Gasteiger partial charge on any atom is 0.259 e. The van der Waals surface area contributed by atoms with Gasteiger partial charge in [-0.15, -0.1) is 0 Å². The molecule has 0 saturated carbocycles. The third-order valence-corrected chi connectivity index (χ3v) is 4.92. The van der Waals surface area contributed by atoms with Gasteiger partial charge in [0.05, 0.1) is 23.0 Å². The van der Waals surface area contributed by atoms with Crippen LogP contribution in [0.1, 0.15) is 41.6 Å². The van der Waals surface area contributed by atoms with Crippen LogP contribution in [0.5, 0.6) is 0 Å². The minimum atomic E-state index is 0.0447. The van der Waals surface area contributed by atoms with E-state index in [1.54, 1.807) is 24.0 Å². The second-order valence-corrected chi connectivity index (χ2v) is 7.11. The molecule has 0 aliphatic carbocycles. The van der Waals surface area contributed by atoms with Crippen molar-refractivity contribution in [3.05, 3.63) is 41.6 Å². The summed E-state index contributed by atoms with van der Waals surface area (Å²) in [5, 5.41) is 8.17. The number of nitrogens with zero attached hydrogens (tertiary/aromatic N) is 6. The standard InChI is InChI=1S/C19H22N6O2/c1-12-5-4-8-24(11-12)19(26)16-10-21-25(13(16)2)17-7-6-15(9-20-17)18-22-14(3)23-27-18/h6-7,9-10,12H,4-5,8,11H2,1-3H3. The topological polar surface area (TPSA) is 89.9 Å². The Hall–Kier alpha value is -3.03. The molecular formula is C19H22N6O2. The number of aryl methyl sites for hydroxylation is 1. The van der Waals surface area contributed by atoms with Crippen molar-refractivity contribution >= 4 is 5.91 Å². The Balaban J connectivity index is 1.57. The van der Waals surface area contributed by atoms with Crippen molar-refractivity contribution < 1.29 is 9.32 Å². The van der Waals surface area contributed by atoms with Gasteiger partial charge in [-0.05, 0) is 44.7 Å². The fourth-order valence-corrected chi connectivity index (χ4v) is 3.45. The molecule has 0 spiro atoms. The number of amides is 1. The number of carbonyl (C=O) groups excluding carboxylic acids is 1. The normalized spacial score (nSPS) is 17.3. The maximum atomic E-state index is 12.9. The van der Waals surface area contributed by atoms with Crippen molar-refractivity contribution in [3.8, 4) is 17.3 Å². The van der Waals surface area contributed by atoms with Crippen LogP contribution < -0.4 is 0 Å². The molecule has 4 heterocycles. The van der Waals surface area contributed by atoms with Crippen LogP contribution in [0, 0.1) is 19.8 Å². The van der Waals surface area contributed by atoms with Gasteiger partial charge in [0.25, 0.3) is 11.8 Å². The zero-order valence-corrected chi connectivity index (χ0v) is 15.7. The van der Waals surface area contributed by atoms with E-state index in [1.807, 2.05) is 24.0 Å². The first-order valence-corrected chi connectivity index (χ1v) is 9.14. The van der Waals surface area contributed by atoms with Crippen molar-refractivity contribution in [2.24, 2.45) is 5.92 Å². The van der Waals surface area contributed by atoms with Gasteiger partial charge in [0, 0.05) is 19.3 Å². The smallest absolute Gasteiger partial charge is 0.259 e. The summed E-state index contributed by atoms with van der Waals surface area (Å²) in [5.41, 5.74) is 2.15. The van der Waals surface area contributed by atoms with Crippen LogP contribution in [0.25, 0.3) is 17.3 Å². The Kier molecular flexibility index (Phi) is 4.47. The predicted octanol–water partition coefficient (Wildman–Crippen LogP) is 2.81. The number of hydrogen-bond donors (Lipinski definition) is 0. The molecule has 3 aromatic heterocycles. The Morgan fingerprint density at radius 3 is 2.78 bits per heavy atom. The van der Waals surface area contributed by atoms with Crippen molar-refractivity contribution in [2.75, 3.05) is 13.1 Å². The molecular weight excluding hydrogens is 344 g/mol. The predicted molar refractivity (Wildman–Crippen MR) is 98.4 cm³/mol. The number of carbonyl (C=O) groups is 1. The summed E-state index contributed by atoms with van der Waals surface area (Å²) in [6.07, 6.45) is 5.53. The molecule has 1 unspecified atom stereocenters. The second kappa shape index (κ2) is 6.94. The van der Waals surface area contributed by atoms with E-state index in [9.17, 15) is 4.79 Å². The van der Waals surface area contributed by atoms with Crippen LogP contribution in [-0.4, -0.2) is 48.8 Å². The van der Waals surface area contributed by atoms with Crippen molar-refractivity contribution in [2.45, 2.75) is 33.6 Å². The van der Waals surface area contributed by atoms with E-state index >= 15 is 0 Å². The number of likely N-dealkylation sites (tertiary alicyclic amines) is 1. The molecule has 1 aliphatic rings. The van der Waals surface area contributed by atoms with Crippen molar-refractivity contribution in [1.29, 1.82) is 0 Å². The molecule has 0 bridgehead atoms. The summed E-state index contributed by atoms with van der Waals surface area (Å²) in [7, 11) is 0. The summed E-state index contributed by atoms with van der Waals surface area (Å²) in [5.74, 6) is 2.23. The summed E-state index contributed by atoms with van der Waals surface area (Å²) in [6, 6.07) is 3.68. The molecule has 0 N–H and O–H groups in total. The molecule has 1 saturated heterocycles. The second-order valence-electron chi connectivity index (χ2n) is 7.11. The summed E-state index contributed by atoms with van der Waals surface area (Å²) in [4.78, 5) is 23.4. The van der Waals surface area contributed by atoms with Gasteiger partial charge in [0.2, 0.25) is 0 Å². The first-order chi connectivity index (χ1) is 13.0. The zero-order chi connectivity index (χ0) is 19.0. The molecule has 4 rings (SSSR count). The zero-order valence-electron chi connectivity index (χ0n) is 15.7. The number of piperidine rings is 1. The van der Waals surface area contributed by atoms with E-state index in [0.717, 1.165) is 30.8 Å². The number of hydrogen-bond acceptors (Lipinski definition) is 6. The van der Waals surface area contributed by atoms with Crippen LogP contribution in [0.2, 0.25) is 0 Å². The number of rotatable bonds is 3. The fraction of sp³-hybridized carbons (Fsp3) is 0.421. The van der Waals surface area contributed by atoms with Gasteiger partial charge in [0.15, 0.2) is 11.6 Å². The molecule has 0 aromatic carbocycles. The van der Waals surface area contributed by atoms with Crippen LogP contribution in [0.4, 0.5) is 0 Å². The summed E-state index contributed by atoms with van der Waals surface area (Å²) >= 11 is 0. The molecule has 8 heteroatoms. The highest BCUT2D eigenvalue weighted by molar-refractivity contribution is 5.95. The lowest BCUT2D eigenvalue weighted by molar-refractivity contribution is 0.0682. The fourth-order valence-electron chi connectivity index (χ4n) is 3.45. The van der Waals surface area contributed by atoms with E-state index in [4.69, 9.17) is 4.52 Å². The Labute approximate surface area is 157 Å². The minimum Gasteiger partial charge on any atom is -0.338 e. The minimum absolute atomic E-state index is 0.0447. The Bertz CT molecular complexity index is 959. The van der Waals surface area contributed by atoms with Gasteiger partial charge < -0.3 is 9.42 Å². The highest BCUT2D eigenvalue weighted by atomic mass is 16.5. The van der Waals surface area contributed by atoms with Crippen molar-refractivity contribution in [3.63, 3.8) is 0 Å². The monoisotopic (exact) mass is 366 g/mol. The quantitative estimate of drug-likeness (QED) is 0.708. The first-order valence-electron chi connectivity index (χ1n) is 9.14. The van der Waals surface area contributed by atoms with E-state index in [-0.39, 0.29) is 5.91 Å². The average molecular weight is 366 g/mol. The molecule has 140 valence electrons. The average Bonchev–Trinajstić information content (AvgIpc) is 3.27.